The van der Waals surface area contributed by atoms with E-state index >= 15 is 0 Å². The van der Waals surface area contributed by atoms with Crippen LogP contribution >= 0.6 is 0 Å². The molecule has 8 atom stereocenters. The molecule has 0 saturated heterocycles. The Balaban J connectivity index is 1.93. The highest BCUT2D eigenvalue weighted by atomic mass is 16.1. The molecule has 2 heteroatoms. The maximum Gasteiger partial charge on any atom is 0.143 e. The van der Waals surface area contributed by atoms with Crippen molar-refractivity contribution in [2.75, 3.05) is 0 Å². The molecule has 2 unspecified atom stereocenters. The Morgan fingerprint density at radius 2 is 2.00 bits per heavy atom. The molecule has 0 amide bonds. The van der Waals surface area contributed by atoms with Gasteiger partial charge < -0.3 is 0 Å². The highest BCUT2D eigenvalue weighted by Crippen LogP contribution is 2.84. The van der Waals surface area contributed by atoms with E-state index in [9.17, 15) is 9.59 Å². The number of ketones is 2. The first kappa shape index (κ1) is 6.76. The van der Waals surface area contributed by atoms with Crippen LogP contribution in [0.15, 0.2) is 0 Å². The quantitative estimate of drug-likeness (QED) is 0.566. The number of hydrogen-bond donors (Lipinski definition) is 0. The van der Waals surface area contributed by atoms with E-state index < -0.39 is 0 Å². The van der Waals surface area contributed by atoms with Gasteiger partial charge >= 0.3 is 0 Å². The summed E-state index contributed by atoms with van der Waals surface area (Å²) in [5.41, 5.74) is -0.182. The second-order valence-corrected chi connectivity index (χ2v) is 6.25. The van der Waals surface area contributed by atoms with Crippen LogP contribution in [-0.4, -0.2) is 11.6 Å². The molecule has 5 aliphatic rings. The SMILES string of the molecule is C[C@@]12C(=O)[C@@H]3C4C[C@H]5[C@@H]3C(=O)[C@@H]1[C@H]5C42. The van der Waals surface area contributed by atoms with Gasteiger partial charge in [-0.3, -0.25) is 9.59 Å². The summed E-state index contributed by atoms with van der Waals surface area (Å²) in [6.45, 7) is 2.08. The van der Waals surface area contributed by atoms with Crippen LogP contribution in [0.5, 0.6) is 0 Å². The number of fused-ring (bicyclic) bond motifs is 2. The predicted octanol–water partition coefficient (Wildman–Crippen LogP) is 0.902. The van der Waals surface area contributed by atoms with Gasteiger partial charge in [-0.15, -0.1) is 0 Å². The van der Waals surface area contributed by atoms with Gasteiger partial charge in [0, 0.05) is 23.2 Å². The molecule has 0 heterocycles. The lowest BCUT2D eigenvalue weighted by Crippen LogP contribution is -2.57. The molecular weight excluding hydrogens is 176 g/mol. The van der Waals surface area contributed by atoms with Crippen LogP contribution in [-0.2, 0) is 9.59 Å². The minimum Gasteiger partial charge on any atom is -0.299 e. The van der Waals surface area contributed by atoms with Crippen molar-refractivity contribution in [3.05, 3.63) is 0 Å². The summed E-state index contributed by atoms with van der Waals surface area (Å²) < 4.78 is 0. The molecule has 2 bridgehead atoms. The highest BCUT2D eigenvalue weighted by molar-refractivity contribution is 6.08. The van der Waals surface area contributed by atoms with Gasteiger partial charge in [0.25, 0.3) is 0 Å². The highest BCUT2D eigenvalue weighted by Gasteiger charge is 2.88. The lowest BCUT2D eigenvalue weighted by molar-refractivity contribution is -0.158. The van der Waals surface area contributed by atoms with Crippen molar-refractivity contribution in [2.45, 2.75) is 13.3 Å². The molecule has 5 fully saturated rings. The molecular formula is C12H12O2. The summed E-state index contributed by atoms with van der Waals surface area (Å²) in [4.78, 5) is 24.3. The third-order valence-corrected chi connectivity index (χ3v) is 6.42. The van der Waals surface area contributed by atoms with Crippen molar-refractivity contribution in [3.63, 3.8) is 0 Å². The van der Waals surface area contributed by atoms with Crippen molar-refractivity contribution < 1.29 is 9.59 Å². The van der Waals surface area contributed by atoms with Crippen molar-refractivity contribution >= 4 is 11.6 Å². The summed E-state index contributed by atoms with van der Waals surface area (Å²) >= 11 is 0. The van der Waals surface area contributed by atoms with Crippen molar-refractivity contribution in [3.8, 4) is 0 Å². The zero-order chi connectivity index (χ0) is 9.40. The fourth-order valence-electron chi connectivity index (χ4n) is 6.36. The minimum absolute atomic E-state index is 0.166. The first-order chi connectivity index (χ1) is 6.67. The molecule has 14 heavy (non-hydrogen) atoms. The summed E-state index contributed by atoms with van der Waals surface area (Å²) in [5, 5.41) is 0. The fraction of sp³-hybridized carbons (Fsp3) is 0.833. The van der Waals surface area contributed by atoms with E-state index in [4.69, 9.17) is 0 Å². The lowest BCUT2D eigenvalue weighted by atomic mass is 9.49. The van der Waals surface area contributed by atoms with Gasteiger partial charge in [0.15, 0.2) is 0 Å². The van der Waals surface area contributed by atoms with Gasteiger partial charge in [-0.2, -0.15) is 0 Å². The van der Waals surface area contributed by atoms with Crippen molar-refractivity contribution in [1.82, 2.24) is 0 Å². The molecule has 0 spiro atoms. The molecule has 5 rings (SSSR count). The smallest absolute Gasteiger partial charge is 0.143 e. The zero-order valence-corrected chi connectivity index (χ0v) is 8.07. The van der Waals surface area contributed by atoms with E-state index in [-0.39, 0.29) is 23.2 Å². The average molecular weight is 188 g/mol. The maximum absolute atomic E-state index is 12.2. The largest absolute Gasteiger partial charge is 0.299 e. The van der Waals surface area contributed by atoms with Crippen molar-refractivity contribution in [1.29, 1.82) is 0 Å². The first-order valence-corrected chi connectivity index (χ1v) is 5.75. The molecule has 0 aromatic carbocycles. The maximum atomic E-state index is 12.2. The summed E-state index contributed by atoms with van der Waals surface area (Å²) in [7, 11) is 0. The average Bonchev–Trinajstić information content (AvgIpc) is 2.67. The van der Waals surface area contributed by atoms with Crippen LogP contribution in [0.3, 0.4) is 0 Å². The van der Waals surface area contributed by atoms with Gasteiger partial charge in [0.2, 0.25) is 0 Å². The number of carbonyl (C=O) groups excluding carboxylic acids is 2. The topological polar surface area (TPSA) is 34.1 Å². The van der Waals surface area contributed by atoms with Crippen LogP contribution in [0.25, 0.3) is 0 Å². The van der Waals surface area contributed by atoms with Crippen LogP contribution in [0, 0.1) is 46.8 Å². The van der Waals surface area contributed by atoms with Crippen LogP contribution in [0.2, 0.25) is 0 Å². The molecule has 5 aliphatic carbocycles. The third-order valence-electron chi connectivity index (χ3n) is 6.42. The number of carbonyl (C=O) groups is 2. The predicted molar refractivity (Wildman–Crippen MR) is 47.2 cm³/mol. The van der Waals surface area contributed by atoms with Gasteiger partial charge in [-0.25, -0.2) is 0 Å². The van der Waals surface area contributed by atoms with Crippen LogP contribution in [0.1, 0.15) is 13.3 Å². The summed E-state index contributed by atoms with van der Waals surface area (Å²) in [5.74, 6) is 4.00. The third kappa shape index (κ3) is 0.322. The molecule has 2 nitrogen and oxygen atoms in total. The van der Waals surface area contributed by atoms with E-state index in [1.165, 1.54) is 6.42 Å². The summed E-state index contributed by atoms with van der Waals surface area (Å²) in [6, 6.07) is 0. The van der Waals surface area contributed by atoms with E-state index in [1.54, 1.807) is 0 Å². The Morgan fingerprint density at radius 3 is 2.79 bits per heavy atom. The monoisotopic (exact) mass is 188 g/mol. The minimum atomic E-state index is -0.182. The molecule has 72 valence electrons. The molecule has 0 radical (unpaired) electrons. The lowest BCUT2D eigenvalue weighted by Gasteiger charge is -2.51. The van der Waals surface area contributed by atoms with E-state index in [0.29, 0.717) is 35.2 Å². The first-order valence-electron chi connectivity index (χ1n) is 5.75. The number of Topliss-reactive ketones (excluding diaryl/α,β-unsaturated/α-hetero) is 2. The molecule has 0 aromatic rings. The second-order valence-electron chi connectivity index (χ2n) is 6.25. The van der Waals surface area contributed by atoms with Crippen LogP contribution < -0.4 is 0 Å². The Labute approximate surface area is 82.0 Å². The standard InChI is InChI=1S/C12H12O2/c1-12-8-4-2-3-5(6(4)11(12)14)10(13)9(12)7(3)8/h3-9H,2H2,1H3/t3-,4?,5-,6+,7+,8?,9-,12-/m0/s1. The second kappa shape index (κ2) is 1.43. The van der Waals surface area contributed by atoms with E-state index in [2.05, 4.69) is 6.92 Å². The molecule has 0 aliphatic heterocycles. The van der Waals surface area contributed by atoms with Gasteiger partial charge in [0.05, 0.1) is 0 Å². The van der Waals surface area contributed by atoms with Gasteiger partial charge in [0.1, 0.15) is 11.6 Å². The van der Waals surface area contributed by atoms with Crippen LogP contribution in [0.4, 0.5) is 0 Å². The van der Waals surface area contributed by atoms with Crippen molar-refractivity contribution in [2.24, 2.45) is 46.8 Å². The molecule has 0 N–H and O–H groups in total. The molecule has 0 aromatic heterocycles. The number of rotatable bonds is 0. The molecule has 5 saturated carbocycles. The van der Waals surface area contributed by atoms with Gasteiger partial charge in [-0.1, -0.05) is 6.92 Å². The summed E-state index contributed by atoms with van der Waals surface area (Å²) in [6.07, 6.45) is 1.20. The fourth-order valence-corrected chi connectivity index (χ4v) is 6.36. The van der Waals surface area contributed by atoms with E-state index in [0.717, 1.165) is 0 Å². The Morgan fingerprint density at radius 1 is 1.21 bits per heavy atom. The normalized spacial score (nSPS) is 75.1. The zero-order valence-electron chi connectivity index (χ0n) is 8.07. The van der Waals surface area contributed by atoms with E-state index in [1.807, 2.05) is 0 Å². The Kier molecular flexibility index (Phi) is 0.689. The Hall–Kier alpha value is -0.660. The Bertz CT molecular complexity index is 422. The van der Waals surface area contributed by atoms with Gasteiger partial charge in [-0.05, 0) is 30.1 Å². The number of hydrogen-bond acceptors (Lipinski definition) is 2.